The molecule has 8 heteroatoms. The summed E-state index contributed by atoms with van der Waals surface area (Å²) in [4.78, 5) is 4.40. The molecule has 22 heavy (non-hydrogen) atoms. The van der Waals surface area contributed by atoms with Gasteiger partial charge in [0.25, 0.3) is 0 Å². The molecular weight excluding hydrogens is 417 g/mol. The molecule has 0 radical (unpaired) electrons. The zero-order chi connectivity index (χ0) is 16.0. The second kappa shape index (κ2) is 15.8. The summed E-state index contributed by atoms with van der Waals surface area (Å²) in [5, 5.41) is 6.14. The molecule has 0 atom stereocenters. The highest BCUT2D eigenvalue weighted by Gasteiger charge is 2.07. The summed E-state index contributed by atoms with van der Waals surface area (Å²) in [6.45, 7) is 9.11. The van der Waals surface area contributed by atoms with Crippen LogP contribution in [-0.2, 0) is 14.6 Å². The maximum absolute atomic E-state index is 11.4. The predicted octanol–water partition coefficient (Wildman–Crippen LogP) is 1.80. The van der Waals surface area contributed by atoms with Crippen molar-refractivity contribution >= 4 is 39.8 Å². The Balaban J connectivity index is 0. The number of hydrogen-bond donors (Lipinski definition) is 2. The molecule has 134 valence electrons. The van der Waals surface area contributed by atoms with E-state index in [0.717, 1.165) is 32.4 Å². The number of unbranched alkanes of at least 4 members (excludes halogenated alkanes) is 1. The van der Waals surface area contributed by atoms with Gasteiger partial charge < -0.3 is 15.4 Å². The quantitative estimate of drug-likeness (QED) is 0.206. The van der Waals surface area contributed by atoms with Crippen LogP contribution in [0.5, 0.6) is 0 Å². The fourth-order valence-corrected chi connectivity index (χ4v) is 2.22. The molecule has 0 aromatic carbocycles. The van der Waals surface area contributed by atoms with Gasteiger partial charge in [-0.05, 0) is 19.8 Å². The van der Waals surface area contributed by atoms with Crippen molar-refractivity contribution in [2.45, 2.75) is 40.0 Å². The summed E-state index contributed by atoms with van der Waals surface area (Å²) >= 11 is 0. The van der Waals surface area contributed by atoms with E-state index in [-0.39, 0.29) is 35.5 Å². The second-order valence-electron chi connectivity index (χ2n) is 4.74. The molecule has 0 spiro atoms. The van der Waals surface area contributed by atoms with Crippen molar-refractivity contribution in [1.29, 1.82) is 0 Å². The number of nitrogens with zero attached hydrogens (tertiary/aromatic N) is 1. The van der Waals surface area contributed by atoms with Crippen LogP contribution in [0, 0.1) is 0 Å². The van der Waals surface area contributed by atoms with Crippen LogP contribution in [0.4, 0.5) is 0 Å². The first kappa shape index (κ1) is 24.2. The van der Waals surface area contributed by atoms with E-state index in [1.54, 1.807) is 6.92 Å². The van der Waals surface area contributed by atoms with Gasteiger partial charge in [-0.2, -0.15) is 0 Å². The fourth-order valence-electron chi connectivity index (χ4n) is 1.52. The molecule has 0 aliphatic rings. The highest BCUT2D eigenvalue weighted by atomic mass is 127. The van der Waals surface area contributed by atoms with E-state index >= 15 is 0 Å². The summed E-state index contributed by atoms with van der Waals surface area (Å²) in [6, 6.07) is 0. The smallest absolute Gasteiger partial charge is 0.191 e. The first-order valence-electron chi connectivity index (χ1n) is 7.86. The minimum atomic E-state index is -2.93. The topological polar surface area (TPSA) is 79.8 Å². The van der Waals surface area contributed by atoms with E-state index in [0.29, 0.717) is 25.7 Å². The normalized spacial score (nSPS) is 11.9. The summed E-state index contributed by atoms with van der Waals surface area (Å²) in [5.41, 5.74) is 0. The van der Waals surface area contributed by atoms with E-state index in [4.69, 9.17) is 4.74 Å². The Morgan fingerprint density at radius 2 is 1.77 bits per heavy atom. The first-order chi connectivity index (χ1) is 10.1. The molecule has 0 unspecified atom stereocenters. The van der Waals surface area contributed by atoms with Crippen molar-refractivity contribution in [3.05, 3.63) is 0 Å². The third kappa shape index (κ3) is 14.8. The molecule has 0 bridgehead atoms. The molecule has 0 saturated heterocycles. The van der Waals surface area contributed by atoms with Crippen LogP contribution in [0.2, 0.25) is 0 Å². The molecule has 2 N–H and O–H groups in total. The van der Waals surface area contributed by atoms with Crippen molar-refractivity contribution in [2.75, 3.05) is 44.4 Å². The Kier molecular flexibility index (Phi) is 17.3. The third-order valence-electron chi connectivity index (χ3n) is 2.85. The molecule has 0 aromatic heterocycles. The number of hydrogen-bond acceptors (Lipinski definition) is 4. The summed E-state index contributed by atoms with van der Waals surface area (Å²) in [5.74, 6) is 0.975. The average molecular weight is 449 g/mol. The van der Waals surface area contributed by atoms with Crippen molar-refractivity contribution < 1.29 is 13.2 Å². The van der Waals surface area contributed by atoms with Crippen molar-refractivity contribution in [1.82, 2.24) is 10.6 Å². The second-order valence-corrected chi connectivity index (χ2v) is 7.22. The third-order valence-corrected chi connectivity index (χ3v) is 4.55. The van der Waals surface area contributed by atoms with Gasteiger partial charge in [0.2, 0.25) is 0 Å². The number of halogens is 1. The Morgan fingerprint density at radius 1 is 1.09 bits per heavy atom. The molecule has 0 saturated carbocycles. The van der Waals surface area contributed by atoms with Gasteiger partial charge in [0.1, 0.15) is 0 Å². The van der Waals surface area contributed by atoms with Crippen molar-refractivity contribution in [3.63, 3.8) is 0 Å². The van der Waals surface area contributed by atoms with E-state index in [2.05, 4.69) is 22.5 Å². The lowest BCUT2D eigenvalue weighted by Gasteiger charge is -2.11. The number of aliphatic imine (C=N–C) groups is 1. The molecule has 0 fully saturated rings. The van der Waals surface area contributed by atoms with Gasteiger partial charge in [-0.3, -0.25) is 4.99 Å². The number of nitrogens with one attached hydrogen (secondary N) is 2. The molecule has 0 aliphatic carbocycles. The van der Waals surface area contributed by atoms with Gasteiger partial charge in [-0.1, -0.05) is 20.3 Å². The Morgan fingerprint density at radius 3 is 2.36 bits per heavy atom. The van der Waals surface area contributed by atoms with Gasteiger partial charge in [0.05, 0.1) is 5.75 Å². The number of guanidine groups is 1. The minimum Gasteiger partial charge on any atom is -0.381 e. The maximum atomic E-state index is 11.4. The minimum absolute atomic E-state index is 0. The highest BCUT2D eigenvalue weighted by Crippen LogP contribution is 1.91. The molecular formula is C14H32IN3O3S. The molecule has 6 nitrogen and oxygen atoms in total. The first-order valence-corrected chi connectivity index (χ1v) is 9.68. The Bertz CT molecular complexity index is 376. The largest absolute Gasteiger partial charge is 0.381 e. The maximum Gasteiger partial charge on any atom is 0.191 e. The van der Waals surface area contributed by atoms with Gasteiger partial charge in [-0.15, -0.1) is 24.0 Å². The predicted molar refractivity (Wildman–Crippen MR) is 104 cm³/mol. The lowest BCUT2D eigenvalue weighted by Crippen LogP contribution is -2.39. The van der Waals surface area contributed by atoms with Crippen LogP contribution < -0.4 is 10.6 Å². The van der Waals surface area contributed by atoms with E-state index in [1.807, 2.05) is 6.92 Å². The van der Waals surface area contributed by atoms with Crippen LogP contribution in [0.15, 0.2) is 4.99 Å². The SMILES string of the molecule is CCCCOCCCN=C(NCC)NCCS(=O)(=O)CC.I. The van der Waals surface area contributed by atoms with Gasteiger partial charge in [0, 0.05) is 38.6 Å². The van der Waals surface area contributed by atoms with Crippen LogP contribution in [0.1, 0.15) is 40.0 Å². The lowest BCUT2D eigenvalue weighted by molar-refractivity contribution is 0.130. The van der Waals surface area contributed by atoms with Gasteiger partial charge in [-0.25, -0.2) is 8.42 Å². The lowest BCUT2D eigenvalue weighted by atomic mass is 10.4. The number of rotatable bonds is 12. The zero-order valence-corrected chi connectivity index (χ0v) is 17.2. The van der Waals surface area contributed by atoms with E-state index in [1.165, 1.54) is 0 Å². The van der Waals surface area contributed by atoms with Crippen LogP contribution in [0.3, 0.4) is 0 Å². The monoisotopic (exact) mass is 449 g/mol. The fraction of sp³-hybridized carbons (Fsp3) is 0.929. The van der Waals surface area contributed by atoms with Crippen LogP contribution in [0.25, 0.3) is 0 Å². The van der Waals surface area contributed by atoms with Crippen molar-refractivity contribution in [3.8, 4) is 0 Å². The van der Waals surface area contributed by atoms with Crippen molar-refractivity contribution in [2.24, 2.45) is 4.99 Å². The molecule has 0 amide bonds. The Hall–Kier alpha value is -0.0900. The number of ether oxygens (including phenoxy) is 1. The standard InChI is InChI=1S/C14H31N3O3S.HI/c1-4-7-11-20-12-8-9-16-14(15-5-2)17-10-13-21(18,19)6-3;/h4-13H2,1-3H3,(H2,15,16,17);1H. The Labute approximate surface area is 152 Å². The summed E-state index contributed by atoms with van der Waals surface area (Å²) in [6.07, 6.45) is 3.11. The van der Waals surface area contributed by atoms with Crippen LogP contribution >= 0.6 is 24.0 Å². The molecule has 0 aromatic rings. The zero-order valence-electron chi connectivity index (χ0n) is 14.1. The summed E-state index contributed by atoms with van der Waals surface area (Å²) < 4.78 is 28.3. The van der Waals surface area contributed by atoms with E-state index < -0.39 is 9.84 Å². The number of sulfone groups is 1. The van der Waals surface area contributed by atoms with Gasteiger partial charge >= 0.3 is 0 Å². The van der Waals surface area contributed by atoms with Gasteiger partial charge in [0.15, 0.2) is 15.8 Å². The highest BCUT2D eigenvalue weighted by molar-refractivity contribution is 14.0. The molecule has 0 aliphatic heterocycles. The average Bonchev–Trinajstić information content (AvgIpc) is 2.46. The van der Waals surface area contributed by atoms with Crippen LogP contribution in [-0.4, -0.2) is 58.7 Å². The van der Waals surface area contributed by atoms with E-state index in [9.17, 15) is 8.42 Å². The molecule has 0 rings (SSSR count). The molecule has 0 heterocycles. The summed E-state index contributed by atoms with van der Waals surface area (Å²) in [7, 11) is -2.93.